The molecule has 58 valence electrons. The van der Waals surface area contributed by atoms with Gasteiger partial charge in [-0.05, 0) is 18.6 Å². The minimum absolute atomic E-state index is 0.841. The summed E-state index contributed by atoms with van der Waals surface area (Å²) < 4.78 is 5.55. The molecule has 3 heteroatoms. The molecular formula is C7H16OSi2. The Labute approximate surface area is 67.5 Å². The van der Waals surface area contributed by atoms with Gasteiger partial charge < -0.3 is 4.12 Å². The van der Waals surface area contributed by atoms with Gasteiger partial charge >= 0.3 is 0 Å². The molecule has 0 atom stereocenters. The smallest absolute Gasteiger partial charge is 0.183 e. The zero-order chi connectivity index (χ0) is 8.04. The van der Waals surface area contributed by atoms with E-state index in [1.807, 2.05) is 12.2 Å². The highest BCUT2D eigenvalue weighted by Gasteiger charge is 2.22. The molecule has 0 aliphatic rings. The Bertz CT molecular complexity index is 113. The summed E-state index contributed by atoms with van der Waals surface area (Å²) >= 11 is 0. The van der Waals surface area contributed by atoms with E-state index in [0.717, 1.165) is 22.6 Å². The Morgan fingerprint density at radius 2 is 1.80 bits per heavy atom. The van der Waals surface area contributed by atoms with Gasteiger partial charge in [0.05, 0.1) is 0 Å². The largest absolute Gasteiger partial charge is 0.463 e. The van der Waals surface area contributed by atoms with Crippen LogP contribution in [0.5, 0.6) is 0 Å². The van der Waals surface area contributed by atoms with Crippen molar-refractivity contribution in [1.82, 2.24) is 0 Å². The fourth-order valence-corrected chi connectivity index (χ4v) is 3.58. The van der Waals surface area contributed by atoms with Crippen LogP contribution in [0.25, 0.3) is 0 Å². The van der Waals surface area contributed by atoms with Gasteiger partial charge in [0.1, 0.15) is 10.5 Å². The fourth-order valence-electron chi connectivity index (χ4n) is 0.861. The normalized spacial score (nSPS) is 11.3. The second kappa shape index (κ2) is 4.65. The van der Waals surface area contributed by atoms with Gasteiger partial charge in [0, 0.05) is 0 Å². The van der Waals surface area contributed by atoms with Gasteiger partial charge in [0.15, 0.2) is 8.32 Å². The van der Waals surface area contributed by atoms with Gasteiger partial charge in [-0.2, -0.15) is 0 Å². The van der Waals surface area contributed by atoms with Crippen molar-refractivity contribution >= 4 is 18.8 Å². The highest BCUT2D eigenvalue weighted by Crippen LogP contribution is 2.16. The molecule has 0 unspecified atom stereocenters. The van der Waals surface area contributed by atoms with Gasteiger partial charge in [-0.15, -0.1) is 13.2 Å². The van der Waals surface area contributed by atoms with Crippen molar-refractivity contribution in [1.29, 1.82) is 0 Å². The van der Waals surface area contributed by atoms with Gasteiger partial charge in [-0.1, -0.05) is 12.2 Å². The van der Waals surface area contributed by atoms with Gasteiger partial charge in [-0.25, -0.2) is 0 Å². The maximum Gasteiger partial charge on any atom is 0.183 e. The zero-order valence-corrected chi connectivity index (χ0v) is 9.89. The quantitative estimate of drug-likeness (QED) is 0.448. The van der Waals surface area contributed by atoms with E-state index in [-0.39, 0.29) is 0 Å². The number of hydrogen-bond donors (Lipinski definition) is 0. The maximum atomic E-state index is 5.55. The molecule has 0 amide bonds. The molecular weight excluding hydrogens is 156 g/mol. The first-order valence-electron chi connectivity index (χ1n) is 3.45. The second-order valence-electron chi connectivity index (χ2n) is 2.64. The molecule has 0 saturated carbocycles. The van der Waals surface area contributed by atoms with Crippen LogP contribution in [-0.4, -0.2) is 18.8 Å². The minimum atomic E-state index is -1.40. The van der Waals surface area contributed by atoms with E-state index in [9.17, 15) is 0 Å². The topological polar surface area (TPSA) is 9.23 Å². The summed E-state index contributed by atoms with van der Waals surface area (Å²) in [6, 6.07) is 2.09. The Morgan fingerprint density at radius 1 is 1.40 bits per heavy atom. The maximum absolute atomic E-state index is 5.55. The van der Waals surface area contributed by atoms with Crippen molar-refractivity contribution in [3.8, 4) is 0 Å². The highest BCUT2D eigenvalue weighted by molar-refractivity contribution is 6.75. The first-order chi connectivity index (χ1) is 4.68. The lowest BCUT2D eigenvalue weighted by Gasteiger charge is -2.22. The van der Waals surface area contributed by atoms with Crippen molar-refractivity contribution in [2.24, 2.45) is 0 Å². The van der Waals surface area contributed by atoms with Crippen LogP contribution < -0.4 is 0 Å². The van der Waals surface area contributed by atoms with Crippen molar-refractivity contribution in [3.05, 3.63) is 25.3 Å². The molecule has 0 spiro atoms. The van der Waals surface area contributed by atoms with E-state index in [4.69, 9.17) is 4.12 Å². The molecule has 0 rings (SSSR count). The summed E-state index contributed by atoms with van der Waals surface area (Å²) in [5.41, 5.74) is 0. The monoisotopic (exact) mass is 172 g/mol. The SMILES string of the molecule is C=CC[Si](C)(CC=C)O[SiH3]. The molecule has 0 bridgehead atoms. The average molecular weight is 172 g/mol. The number of rotatable bonds is 5. The molecule has 0 heterocycles. The molecule has 10 heavy (non-hydrogen) atoms. The summed E-state index contributed by atoms with van der Waals surface area (Å²) in [4.78, 5) is 0. The van der Waals surface area contributed by atoms with Crippen molar-refractivity contribution in [2.75, 3.05) is 0 Å². The molecule has 0 aromatic heterocycles. The van der Waals surface area contributed by atoms with Crippen LogP contribution in [0, 0.1) is 0 Å². The van der Waals surface area contributed by atoms with Crippen molar-refractivity contribution in [3.63, 3.8) is 0 Å². The molecule has 1 nitrogen and oxygen atoms in total. The summed E-state index contributed by atoms with van der Waals surface area (Å²) in [6.45, 7) is 9.65. The number of hydrogen-bond acceptors (Lipinski definition) is 1. The van der Waals surface area contributed by atoms with E-state index >= 15 is 0 Å². The van der Waals surface area contributed by atoms with E-state index in [0.29, 0.717) is 0 Å². The Hall–Kier alpha value is -0.126. The van der Waals surface area contributed by atoms with Gasteiger partial charge in [-0.3, -0.25) is 0 Å². The van der Waals surface area contributed by atoms with Gasteiger partial charge in [0.25, 0.3) is 0 Å². The Balaban J connectivity index is 3.92. The van der Waals surface area contributed by atoms with Gasteiger partial charge in [0.2, 0.25) is 0 Å². The summed E-state index contributed by atoms with van der Waals surface area (Å²) in [5, 5.41) is 0. The van der Waals surface area contributed by atoms with E-state index in [2.05, 4.69) is 19.7 Å². The standard InChI is InChI=1S/C7H16OSi2/c1-4-6-10(3,8-9)7-5-2/h4-5H,1-2,6-7H2,3,9H3. The van der Waals surface area contributed by atoms with Crippen LogP contribution >= 0.6 is 0 Å². The van der Waals surface area contributed by atoms with Crippen LogP contribution in [0.15, 0.2) is 25.3 Å². The molecule has 0 aromatic carbocycles. The van der Waals surface area contributed by atoms with Crippen LogP contribution in [0.3, 0.4) is 0 Å². The summed E-state index contributed by atoms with van der Waals surface area (Å²) in [7, 11) is -0.556. The Kier molecular flexibility index (Phi) is 4.59. The average Bonchev–Trinajstić information content (AvgIpc) is 1.89. The number of allylic oxidation sites excluding steroid dienone is 2. The van der Waals surface area contributed by atoms with Crippen molar-refractivity contribution in [2.45, 2.75) is 18.6 Å². The molecule has 0 N–H and O–H groups in total. The third kappa shape index (κ3) is 3.15. The molecule has 0 fully saturated rings. The van der Waals surface area contributed by atoms with E-state index in [1.165, 1.54) is 0 Å². The first-order valence-corrected chi connectivity index (χ1v) is 7.09. The summed E-state index contributed by atoms with van der Waals surface area (Å²) in [6.07, 6.45) is 3.90. The summed E-state index contributed by atoms with van der Waals surface area (Å²) in [5.74, 6) is 0. The highest BCUT2D eigenvalue weighted by atomic mass is 28.4. The first kappa shape index (κ1) is 9.87. The lowest BCUT2D eigenvalue weighted by atomic mass is 10.7. The third-order valence-corrected chi connectivity index (χ3v) is 7.89. The fraction of sp³-hybridized carbons (Fsp3) is 0.429. The molecule has 0 radical (unpaired) electrons. The molecule has 0 aromatic rings. The van der Waals surface area contributed by atoms with Crippen LogP contribution in [0.2, 0.25) is 18.6 Å². The van der Waals surface area contributed by atoms with Crippen LogP contribution in [0.1, 0.15) is 0 Å². The molecule has 0 aliphatic heterocycles. The molecule has 0 saturated heterocycles. The predicted molar refractivity (Wildman–Crippen MR) is 52.7 cm³/mol. The van der Waals surface area contributed by atoms with Crippen LogP contribution in [0.4, 0.5) is 0 Å². The molecule has 0 aliphatic carbocycles. The lowest BCUT2D eigenvalue weighted by molar-refractivity contribution is 0.606. The Morgan fingerprint density at radius 3 is 2.00 bits per heavy atom. The van der Waals surface area contributed by atoms with E-state index < -0.39 is 8.32 Å². The zero-order valence-electron chi connectivity index (χ0n) is 6.89. The second-order valence-corrected chi connectivity index (χ2v) is 7.99. The third-order valence-electron chi connectivity index (χ3n) is 1.65. The lowest BCUT2D eigenvalue weighted by Crippen LogP contribution is -2.31. The minimum Gasteiger partial charge on any atom is -0.463 e. The van der Waals surface area contributed by atoms with Crippen LogP contribution in [-0.2, 0) is 4.12 Å². The van der Waals surface area contributed by atoms with E-state index in [1.54, 1.807) is 0 Å². The predicted octanol–water partition coefficient (Wildman–Crippen LogP) is 1.23. The van der Waals surface area contributed by atoms with Crippen molar-refractivity contribution < 1.29 is 4.12 Å².